The smallest absolute Gasteiger partial charge is 0.121 e. The van der Waals surface area contributed by atoms with Crippen LogP contribution in [0.1, 0.15) is 50.7 Å². The summed E-state index contributed by atoms with van der Waals surface area (Å²) in [6.45, 7) is 7.38. The molecule has 4 nitrogen and oxygen atoms in total. The molecular formula is C15H23N3O. The Morgan fingerprint density at radius 2 is 2.21 bits per heavy atom. The molecule has 19 heavy (non-hydrogen) atoms. The summed E-state index contributed by atoms with van der Waals surface area (Å²) >= 11 is 0. The van der Waals surface area contributed by atoms with E-state index in [9.17, 15) is 0 Å². The van der Waals surface area contributed by atoms with Gasteiger partial charge < -0.3 is 9.73 Å². The Labute approximate surface area is 114 Å². The van der Waals surface area contributed by atoms with Crippen molar-refractivity contribution in [2.75, 3.05) is 6.54 Å². The summed E-state index contributed by atoms with van der Waals surface area (Å²) < 4.78 is 7.54. The van der Waals surface area contributed by atoms with E-state index in [1.165, 1.54) is 0 Å². The van der Waals surface area contributed by atoms with Crippen molar-refractivity contribution in [3.63, 3.8) is 0 Å². The fraction of sp³-hybridized carbons (Fsp3) is 0.533. The average Bonchev–Trinajstić information content (AvgIpc) is 3.08. The summed E-state index contributed by atoms with van der Waals surface area (Å²) in [5.74, 6) is 0.972. The molecule has 2 aromatic heterocycles. The van der Waals surface area contributed by atoms with Gasteiger partial charge in [0.15, 0.2) is 0 Å². The van der Waals surface area contributed by atoms with Gasteiger partial charge >= 0.3 is 0 Å². The summed E-state index contributed by atoms with van der Waals surface area (Å²) in [4.78, 5) is 0. The van der Waals surface area contributed by atoms with Gasteiger partial charge in [0.1, 0.15) is 5.76 Å². The quantitative estimate of drug-likeness (QED) is 0.831. The topological polar surface area (TPSA) is 43.0 Å². The molecule has 0 aromatic carbocycles. The largest absolute Gasteiger partial charge is 0.468 e. The Bertz CT molecular complexity index is 475. The second-order valence-electron chi connectivity index (χ2n) is 4.87. The van der Waals surface area contributed by atoms with E-state index in [0.29, 0.717) is 6.04 Å². The fourth-order valence-electron chi connectivity index (χ4n) is 2.14. The van der Waals surface area contributed by atoms with Crippen LogP contribution < -0.4 is 5.32 Å². The highest BCUT2D eigenvalue weighted by Gasteiger charge is 2.15. The molecule has 104 valence electrons. The van der Waals surface area contributed by atoms with Gasteiger partial charge in [0.25, 0.3) is 0 Å². The second-order valence-corrected chi connectivity index (χ2v) is 4.87. The second kappa shape index (κ2) is 6.57. The van der Waals surface area contributed by atoms with Crippen molar-refractivity contribution in [1.82, 2.24) is 15.1 Å². The van der Waals surface area contributed by atoms with Gasteiger partial charge in [0.05, 0.1) is 18.0 Å². The van der Waals surface area contributed by atoms with Crippen molar-refractivity contribution in [3.05, 3.63) is 42.1 Å². The first-order chi connectivity index (χ1) is 9.24. The molecule has 0 aliphatic carbocycles. The van der Waals surface area contributed by atoms with Crippen LogP contribution in [0.25, 0.3) is 0 Å². The van der Waals surface area contributed by atoms with Crippen LogP contribution in [0.15, 0.2) is 35.1 Å². The number of furan rings is 1. The Morgan fingerprint density at radius 1 is 1.37 bits per heavy atom. The number of nitrogens with one attached hydrogen (secondary N) is 1. The van der Waals surface area contributed by atoms with Crippen LogP contribution in [0.5, 0.6) is 0 Å². The highest BCUT2D eigenvalue weighted by Crippen LogP contribution is 2.19. The van der Waals surface area contributed by atoms with E-state index in [2.05, 4.69) is 43.4 Å². The third kappa shape index (κ3) is 3.47. The van der Waals surface area contributed by atoms with Crippen LogP contribution in [-0.2, 0) is 6.42 Å². The summed E-state index contributed by atoms with van der Waals surface area (Å²) in [7, 11) is 0. The lowest BCUT2D eigenvalue weighted by molar-refractivity contribution is 0.410. The van der Waals surface area contributed by atoms with Gasteiger partial charge in [-0.05, 0) is 38.1 Å². The zero-order chi connectivity index (χ0) is 13.7. The molecule has 2 rings (SSSR count). The summed E-state index contributed by atoms with van der Waals surface area (Å²) in [5, 5.41) is 8.09. The maximum absolute atomic E-state index is 5.50. The predicted octanol–water partition coefficient (Wildman–Crippen LogP) is 3.34. The van der Waals surface area contributed by atoms with E-state index < -0.39 is 0 Å². The molecule has 2 heterocycles. The van der Waals surface area contributed by atoms with Crippen molar-refractivity contribution in [2.45, 2.75) is 45.7 Å². The van der Waals surface area contributed by atoms with Crippen LogP contribution in [0, 0.1) is 0 Å². The SMILES string of the molecule is CCNC(Cc1ccn(C(C)CC)n1)c1ccco1. The molecule has 0 aliphatic rings. The maximum atomic E-state index is 5.50. The van der Waals surface area contributed by atoms with Crippen LogP contribution in [0.2, 0.25) is 0 Å². The van der Waals surface area contributed by atoms with E-state index >= 15 is 0 Å². The molecule has 0 amide bonds. The summed E-state index contributed by atoms with van der Waals surface area (Å²) in [5.41, 5.74) is 1.10. The van der Waals surface area contributed by atoms with Crippen molar-refractivity contribution in [1.29, 1.82) is 0 Å². The van der Waals surface area contributed by atoms with E-state index in [-0.39, 0.29) is 6.04 Å². The Hall–Kier alpha value is -1.55. The maximum Gasteiger partial charge on any atom is 0.121 e. The lowest BCUT2D eigenvalue weighted by Gasteiger charge is -2.14. The molecule has 0 radical (unpaired) electrons. The minimum Gasteiger partial charge on any atom is -0.468 e. The molecule has 2 atom stereocenters. The number of nitrogens with zero attached hydrogens (tertiary/aromatic N) is 2. The molecule has 2 unspecified atom stereocenters. The molecule has 0 spiro atoms. The average molecular weight is 261 g/mol. The standard InChI is InChI=1S/C15H23N3O/c1-4-12(3)18-9-8-13(17-18)11-14(16-5-2)15-7-6-10-19-15/h6-10,12,14,16H,4-5,11H2,1-3H3. The van der Waals surface area contributed by atoms with Crippen molar-refractivity contribution in [2.24, 2.45) is 0 Å². The predicted molar refractivity (Wildman–Crippen MR) is 76.1 cm³/mol. The first kappa shape index (κ1) is 13.9. The molecule has 0 aliphatic heterocycles. The van der Waals surface area contributed by atoms with E-state index in [1.54, 1.807) is 6.26 Å². The number of rotatable bonds is 7. The minimum absolute atomic E-state index is 0.195. The Kier molecular flexibility index (Phi) is 4.80. The van der Waals surface area contributed by atoms with E-state index in [1.807, 2.05) is 16.8 Å². The number of hydrogen-bond donors (Lipinski definition) is 1. The zero-order valence-corrected chi connectivity index (χ0v) is 12.0. The van der Waals surface area contributed by atoms with Crippen molar-refractivity contribution < 1.29 is 4.42 Å². The Morgan fingerprint density at radius 3 is 2.84 bits per heavy atom. The molecule has 2 aromatic rings. The number of hydrogen-bond acceptors (Lipinski definition) is 3. The fourth-order valence-corrected chi connectivity index (χ4v) is 2.14. The lowest BCUT2D eigenvalue weighted by atomic mass is 10.1. The van der Waals surface area contributed by atoms with Gasteiger partial charge in [-0.25, -0.2) is 0 Å². The molecule has 0 saturated heterocycles. The number of likely N-dealkylation sites (N-methyl/N-ethyl adjacent to an activating group) is 1. The zero-order valence-electron chi connectivity index (χ0n) is 12.0. The summed E-state index contributed by atoms with van der Waals surface area (Å²) in [6.07, 6.45) is 5.73. The first-order valence-electron chi connectivity index (χ1n) is 7.05. The normalized spacial score (nSPS) is 14.5. The van der Waals surface area contributed by atoms with Crippen LogP contribution in [0.4, 0.5) is 0 Å². The van der Waals surface area contributed by atoms with Gasteiger partial charge in [-0.1, -0.05) is 13.8 Å². The van der Waals surface area contributed by atoms with Gasteiger partial charge in [-0.15, -0.1) is 0 Å². The van der Waals surface area contributed by atoms with E-state index in [4.69, 9.17) is 4.42 Å². The third-order valence-corrected chi connectivity index (χ3v) is 3.46. The van der Waals surface area contributed by atoms with Gasteiger partial charge in [-0.2, -0.15) is 5.10 Å². The van der Waals surface area contributed by atoms with Crippen molar-refractivity contribution >= 4 is 0 Å². The highest BCUT2D eigenvalue weighted by molar-refractivity contribution is 5.10. The first-order valence-corrected chi connectivity index (χ1v) is 7.05. The number of aromatic nitrogens is 2. The molecule has 0 bridgehead atoms. The Balaban J connectivity index is 2.07. The molecular weight excluding hydrogens is 238 g/mol. The van der Waals surface area contributed by atoms with Gasteiger partial charge in [0.2, 0.25) is 0 Å². The van der Waals surface area contributed by atoms with Crippen molar-refractivity contribution in [3.8, 4) is 0 Å². The third-order valence-electron chi connectivity index (χ3n) is 3.46. The van der Waals surface area contributed by atoms with Gasteiger partial charge in [-0.3, -0.25) is 4.68 Å². The highest BCUT2D eigenvalue weighted by atomic mass is 16.3. The van der Waals surface area contributed by atoms with Crippen LogP contribution in [-0.4, -0.2) is 16.3 Å². The minimum atomic E-state index is 0.195. The van der Waals surface area contributed by atoms with Crippen LogP contribution >= 0.6 is 0 Å². The lowest BCUT2D eigenvalue weighted by Crippen LogP contribution is -2.22. The molecule has 1 N–H and O–H groups in total. The molecule has 0 saturated carbocycles. The monoisotopic (exact) mass is 261 g/mol. The summed E-state index contributed by atoms with van der Waals surface area (Å²) in [6, 6.07) is 6.69. The van der Waals surface area contributed by atoms with Gasteiger partial charge in [0, 0.05) is 18.7 Å². The van der Waals surface area contributed by atoms with E-state index in [0.717, 1.165) is 30.8 Å². The van der Waals surface area contributed by atoms with Crippen LogP contribution in [0.3, 0.4) is 0 Å². The molecule has 0 fully saturated rings. The molecule has 4 heteroatoms.